The average molecular weight is 275 g/mol. The summed E-state index contributed by atoms with van der Waals surface area (Å²) in [4.78, 5) is 4.69. The van der Waals surface area contributed by atoms with Crippen molar-refractivity contribution < 1.29 is 0 Å². The van der Waals surface area contributed by atoms with Crippen LogP contribution in [0.1, 0.15) is 38.3 Å². The third-order valence-electron chi connectivity index (χ3n) is 4.35. The molecule has 112 valence electrons. The largest absolute Gasteiger partial charge is 0.378 e. The Morgan fingerprint density at radius 1 is 1.30 bits per heavy atom. The highest BCUT2D eigenvalue weighted by molar-refractivity contribution is 5.46. The number of nitrogens with zero attached hydrogens (tertiary/aromatic N) is 2. The molecular formula is C17H29N3. The quantitative estimate of drug-likeness (QED) is 0.891. The molecule has 3 heteroatoms. The first kappa shape index (κ1) is 15.3. The first-order valence-corrected chi connectivity index (χ1v) is 7.86. The van der Waals surface area contributed by atoms with Gasteiger partial charge in [-0.05, 0) is 50.6 Å². The topological polar surface area (TPSA) is 18.5 Å². The molecule has 0 radical (unpaired) electrons. The fraction of sp³-hybridized carbons (Fsp3) is 0.647. The predicted molar refractivity (Wildman–Crippen MR) is 87.5 cm³/mol. The van der Waals surface area contributed by atoms with Crippen LogP contribution >= 0.6 is 0 Å². The smallest absolute Gasteiger partial charge is 0.0361 e. The van der Waals surface area contributed by atoms with Crippen LogP contribution < -0.4 is 10.2 Å². The Balaban J connectivity index is 1.92. The molecule has 0 aliphatic carbocycles. The molecule has 1 N–H and O–H groups in total. The fourth-order valence-corrected chi connectivity index (χ4v) is 2.99. The van der Waals surface area contributed by atoms with Crippen LogP contribution in [0.3, 0.4) is 0 Å². The van der Waals surface area contributed by atoms with Gasteiger partial charge >= 0.3 is 0 Å². The predicted octanol–water partition coefficient (Wildman–Crippen LogP) is 2.89. The van der Waals surface area contributed by atoms with Gasteiger partial charge in [0.15, 0.2) is 0 Å². The molecule has 0 saturated carbocycles. The summed E-state index contributed by atoms with van der Waals surface area (Å²) >= 11 is 0. The number of nitrogens with one attached hydrogen (secondary N) is 1. The lowest BCUT2D eigenvalue weighted by Gasteiger charge is -2.34. The fourth-order valence-electron chi connectivity index (χ4n) is 2.99. The van der Waals surface area contributed by atoms with Crippen molar-refractivity contribution >= 4 is 5.69 Å². The monoisotopic (exact) mass is 275 g/mol. The number of piperidine rings is 1. The number of hydrogen-bond donors (Lipinski definition) is 1. The maximum Gasteiger partial charge on any atom is 0.0361 e. The van der Waals surface area contributed by atoms with E-state index in [1.165, 1.54) is 43.7 Å². The lowest BCUT2D eigenvalue weighted by atomic mass is 10.0. The number of likely N-dealkylation sites (tertiary alicyclic amines) is 1. The van der Waals surface area contributed by atoms with Gasteiger partial charge < -0.3 is 15.1 Å². The number of anilines is 1. The van der Waals surface area contributed by atoms with Crippen LogP contribution in [-0.2, 0) is 0 Å². The molecular weight excluding hydrogens is 246 g/mol. The summed E-state index contributed by atoms with van der Waals surface area (Å²) in [5, 5.41) is 3.79. The van der Waals surface area contributed by atoms with Gasteiger partial charge in [0.1, 0.15) is 0 Å². The van der Waals surface area contributed by atoms with Crippen LogP contribution in [0.15, 0.2) is 24.3 Å². The Labute approximate surface area is 124 Å². The van der Waals surface area contributed by atoms with Gasteiger partial charge in [-0.1, -0.05) is 19.1 Å². The van der Waals surface area contributed by atoms with E-state index in [-0.39, 0.29) is 0 Å². The van der Waals surface area contributed by atoms with E-state index < -0.39 is 0 Å². The van der Waals surface area contributed by atoms with Crippen LogP contribution in [-0.4, -0.2) is 44.7 Å². The number of likely N-dealkylation sites (N-methyl/N-ethyl adjacent to an activating group) is 1. The molecule has 20 heavy (non-hydrogen) atoms. The van der Waals surface area contributed by atoms with Gasteiger partial charge in [0.05, 0.1) is 0 Å². The highest BCUT2D eigenvalue weighted by atomic mass is 15.2. The Morgan fingerprint density at radius 2 is 2.00 bits per heavy atom. The molecule has 1 heterocycles. The Hall–Kier alpha value is -1.06. The van der Waals surface area contributed by atoms with Gasteiger partial charge in [-0.2, -0.15) is 0 Å². The summed E-state index contributed by atoms with van der Waals surface area (Å²) in [5.41, 5.74) is 2.64. The molecule has 1 saturated heterocycles. The van der Waals surface area contributed by atoms with Crippen molar-refractivity contribution in [2.45, 2.75) is 38.8 Å². The highest BCUT2D eigenvalue weighted by Crippen LogP contribution is 2.20. The van der Waals surface area contributed by atoms with E-state index in [0.29, 0.717) is 12.1 Å². The van der Waals surface area contributed by atoms with E-state index in [4.69, 9.17) is 0 Å². The summed E-state index contributed by atoms with van der Waals surface area (Å²) in [6.07, 6.45) is 2.62. The van der Waals surface area contributed by atoms with E-state index in [9.17, 15) is 0 Å². The summed E-state index contributed by atoms with van der Waals surface area (Å²) in [5.74, 6) is 0. The van der Waals surface area contributed by atoms with Crippen LogP contribution in [0.2, 0.25) is 0 Å². The van der Waals surface area contributed by atoms with Crippen molar-refractivity contribution in [2.75, 3.05) is 38.6 Å². The second-order valence-electron chi connectivity index (χ2n) is 6.11. The van der Waals surface area contributed by atoms with Crippen molar-refractivity contribution in [3.63, 3.8) is 0 Å². The summed E-state index contributed by atoms with van der Waals surface area (Å²) in [7, 11) is 4.16. The minimum atomic E-state index is 0.424. The van der Waals surface area contributed by atoms with Gasteiger partial charge in [0.25, 0.3) is 0 Å². The summed E-state index contributed by atoms with van der Waals surface area (Å²) < 4.78 is 0. The van der Waals surface area contributed by atoms with Crippen LogP contribution in [0.25, 0.3) is 0 Å². The molecule has 3 nitrogen and oxygen atoms in total. The first-order valence-electron chi connectivity index (χ1n) is 7.86. The second-order valence-corrected chi connectivity index (χ2v) is 6.11. The average Bonchev–Trinajstić information content (AvgIpc) is 2.47. The van der Waals surface area contributed by atoms with E-state index >= 15 is 0 Å². The molecule has 0 amide bonds. The van der Waals surface area contributed by atoms with Crippen LogP contribution in [0.5, 0.6) is 0 Å². The van der Waals surface area contributed by atoms with Crippen molar-refractivity contribution in [1.82, 2.24) is 10.2 Å². The van der Waals surface area contributed by atoms with Gasteiger partial charge in [-0.25, -0.2) is 0 Å². The zero-order chi connectivity index (χ0) is 14.5. The molecule has 1 aliphatic heterocycles. The van der Waals surface area contributed by atoms with Crippen molar-refractivity contribution in [1.29, 1.82) is 0 Å². The lowest BCUT2D eigenvalue weighted by Crippen LogP contribution is -2.46. The molecule has 2 unspecified atom stereocenters. The minimum absolute atomic E-state index is 0.424. The molecule has 0 bridgehead atoms. The SMILES string of the molecule is CCN1CCCC(NC(C)c2ccc(N(C)C)cc2)C1. The van der Waals surface area contributed by atoms with Crippen molar-refractivity contribution in [2.24, 2.45) is 0 Å². The first-order chi connectivity index (χ1) is 9.60. The number of hydrogen-bond acceptors (Lipinski definition) is 3. The maximum absolute atomic E-state index is 3.79. The van der Waals surface area contributed by atoms with Gasteiger partial charge in [-0.15, -0.1) is 0 Å². The van der Waals surface area contributed by atoms with Crippen molar-refractivity contribution in [3.8, 4) is 0 Å². The maximum atomic E-state index is 3.79. The van der Waals surface area contributed by atoms with E-state index in [0.717, 1.165) is 0 Å². The van der Waals surface area contributed by atoms with Gasteiger partial charge in [-0.3, -0.25) is 0 Å². The lowest BCUT2D eigenvalue weighted by molar-refractivity contribution is 0.192. The van der Waals surface area contributed by atoms with Gasteiger partial charge in [0, 0.05) is 38.4 Å². The van der Waals surface area contributed by atoms with Crippen molar-refractivity contribution in [3.05, 3.63) is 29.8 Å². The zero-order valence-corrected chi connectivity index (χ0v) is 13.4. The van der Waals surface area contributed by atoms with Crippen LogP contribution in [0.4, 0.5) is 5.69 Å². The molecule has 0 aromatic heterocycles. The molecule has 2 rings (SSSR count). The van der Waals surface area contributed by atoms with E-state index in [2.05, 4.69) is 67.3 Å². The Kier molecular flexibility index (Phi) is 5.44. The third-order valence-corrected chi connectivity index (χ3v) is 4.35. The number of benzene rings is 1. The van der Waals surface area contributed by atoms with E-state index in [1.807, 2.05) is 0 Å². The van der Waals surface area contributed by atoms with Crippen LogP contribution in [0, 0.1) is 0 Å². The second kappa shape index (κ2) is 7.09. The third kappa shape index (κ3) is 3.97. The van der Waals surface area contributed by atoms with E-state index in [1.54, 1.807) is 0 Å². The molecule has 2 atom stereocenters. The zero-order valence-electron chi connectivity index (χ0n) is 13.4. The molecule has 1 aliphatic rings. The summed E-state index contributed by atoms with van der Waals surface area (Å²) in [6.45, 7) is 8.16. The molecule has 1 fully saturated rings. The van der Waals surface area contributed by atoms with Gasteiger partial charge in [0.2, 0.25) is 0 Å². The molecule has 1 aromatic carbocycles. The minimum Gasteiger partial charge on any atom is -0.378 e. The normalized spacial score (nSPS) is 21.7. The molecule has 1 aromatic rings. The Morgan fingerprint density at radius 3 is 2.60 bits per heavy atom. The standard InChI is InChI=1S/C17H29N3/c1-5-20-12-6-7-16(13-20)18-14(2)15-8-10-17(11-9-15)19(3)4/h8-11,14,16,18H,5-7,12-13H2,1-4H3. The Bertz CT molecular complexity index is 399. The summed E-state index contributed by atoms with van der Waals surface area (Å²) in [6, 6.07) is 9.94. The highest BCUT2D eigenvalue weighted by Gasteiger charge is 2.20. The number of rotatable bonds is 5. The molecule has 0 spiro atoms.